The van der Waals surface area contributed by atoms with Crippen LogP contribution < -0.4 is 10.3 Å². The van der Waals surface area contributed by atoms with Crippen LogP contribution in [0, 0.1) is 0 Å². The molecule has 0 radical (unpaired) electrons. The number of H-pyrrole nitrogens is 1. The summed E-state index contributed by atoms with van der Waals surface area (Å²) < 4.78 is 5.31. The number of aromatic nitrogens is 1. The smallest absolute Gasteiger partial charge is 0.261 e. The fourth-order valence-corrected chi connectivity index (χ4v) is 4.03. The molecule has 25 heavy (non-hydrogen) atoms. The number of pyridine rings is 1. The zero-order valence-corrected chi connectivity index (χ0v) is 14.4. The maximum atomic E-state index is 13.1. The Morgan fingerprint density at radius 1 is 1.24 bits per heavy atom. The lowest BCUT2D eigenvalue weighted by atomic mass is 10.0. The van der Waals surface area contributed by atoms with Gasteiger partial charge in [0.15, 0.2) is 0 Å². The summed E-state index contributed by atoms with van der Waals surface area (Å²) in [5.74, 6) is 0.619. The van der Waals surface area contributed by atoms with Crippen molar-refractivity contribution in [2.24, 2.45) is 0 Å². The number of nitrogens with one attached hydrogen (secondary N) is 1. The van der Waals surface area contributed by atoms with E-state index in [9.17, 15) is 9.59 Å². The molecule has 1 aliphatic heterocycles. The van der Waals surface area contributed by atoms with Gasteiger partial charge in [-0.3, -0.25) is 9.59 Å². The van der Waals surface area contributed by atoms with E-state index in [0.717, 1.165) is 54.7 Å². The Hall–Kier alpha value is -2.56. The summed E-state index contributed by atoms with van der Waals surface area (Å²) in [7, 11) is 1.64. The highest BCUT2D eigenvalue weighted by Crippen LogP contribution is 2.34. The van der Waals surface area contributed by atoms with E-state index in [1.807, 2.05) is 35.2 Å². The van der Waals surface area contributed by atoms with Crippen molar-refractivity contribution in [2.75, 3.05) is 13.7 Å². The van der Waals surface area contributed by atoms with Crippen LogP contribution in [0.3, 0.4) is 0 Å². The highest BCUT2D eigenvalue weighted by molar-refractivity contribution is 5.94. The van der Waals surface area contributed by atoms with Crippen LogP contribution in [0.1, 0.15) is 52.5 Å². The third-order valence-corrected chi connectivity index (χ3v) is 5.31. The van der Waals surface area contributed by atoms with Gasteiger partial charge in [-0.15, -0.1) is 0 Å². The first-order valence-electron chi connectivity index (χ1n) is 8.87. The minimum atomic E-state index is -0.262. The van der Waals surface area contributed by atoms with Crippen molar-refractivity contribution in [3.63, 3.8) is 0 Å². The van der Waals surface area contributed by atoms with Crippen LogP contribution >= 0.6 is 0 Å². The Morgan fingerprint density at radius 2 is 2.12 bits per heavy atom. The molecule has 2 heterocycles. The average molecular weight is 338 g/mol. The molecule has 1 atom stereocenters. The van der Waals surface area contributed by atoms with Gasteiger partial charge in [0.05, 0.1) is 13.2 Å². The van der Waals surface area contributed by atoms with Crippen molar-refractivity contribution in [1.82, 2.24) is 9.88 Å². The Balaban J connectivity index is 1.66. The molecule has 0 spiro atoms. The summed E-state index contributed by atoms with van der Waals surface area (Å²) in [6, 6.07) is 9.64. The first-order chi connectivity index (χ1) is 12.2. The Bertz CT molecular complexity index is 871. The van der Waals surface area contributed by atoms with Gasteiger partial charge in [0, 0.05) is 12.2 Å². The lowest BCUT2D eigenvalue weighted by molar-refractivity contribution is 0.0733. The van der Waals surface area contributed by atoms with Crippen molar-refractivity contribution in [2.45, 2.75) is 38.1 Å². The fourth-order valence-electron chi connectivity index (χ4n) is 4.03. The van der Waals surface area contributed by atoms with E-state index in [2.05, 4.69) is 4.98 Å². The van der Waals surface area contributed by atoms with Crippen molar-refractivity contribution >= 4 is 5.91 Å². The first kappa shape index (κ1) is 15.9. The number of carbonyl (C=O) groups is 1. The quantitative estimate of drug-likeness (QED) is 0.936. The molecule has 0 saturated carbocycles. The van der Waals surface area contributed by atoms with Crippen LogP contribution in [0.25, 0.3) is 0 Å². The van der Waals surface area contributed by atoms with Crippen molar-refractivity contribution in [1.29, 1.82) is 0 Å². The predicted molar refractivity (Wildman–Crippen MR) is 95.1 cm³/mol. The Kier molecular flexibility index (Phi) is 4.07. The molecular weight excluding hydrogens is 316 g/mol. The molecular formula is C20H22N2O3. The van der Waals surface area contributed by atoms with Gasteiger partial charge in [0.2, 0.25) is 0 Å². The molecule has 0 unspecified atom stereocenters. The molecule has 1 N–H and O–H groups in total. The molecule has 1 aromatic heterocycles. The van der Waals surface area contributed by atoms with Gasteiger partial charge in [-0.2, -0.15) is 0 Å². The monoisotopic (exact) mass is 338 g/mol. The molecule has 5 heteroatoms. The number of fused-ring (bicyclic) bond motifs is 1. The SMILES string of the molecule is COc1cccc([C@H]2CCCN2C(=O)c2cc3c([nH]c2=O)CCC3)c1. The molecule has 1 aliphatic carbocycles. The van der Waals surface area contributed by atoms with Crippen LogP contribution in [0.5, 0.6) is 5.75 Å². The van der Waals surface area contributed by atoms with Gasteiger partial charge in [0.1, 0.15) is 11.3 Å². The van der Waals surface area contributed by atoms with Gasteiger partial charge in [-0.05, 0) is 61.4 Å². The second-order valence-electron chi connectivity index (χ2n) is 6.80. The summed E-state index contributed by atoms with van der Waals surface area (Å²) >= 11 is 0. The minimum Gasteiger partial charge on any atom is -0.497 e. The first-order valence-corrected chi connectivity index (χ1v) is 8.87. The van der Waals surface area contributed by atoms with E-state index in [-0.39, 0.29) is 23.1 Å². The zero-order valence-electron chi connectivity index (χ0n) is 14.4. The minimum absolute atomic E-state index is 0.00439. The topological polar surface area (TPSA) is 62.4 Å². The molecule has 1 amide bonds. The van der Waals surface area contributed by atoms with Gasteiger partial charge in [0.25, 0.3) is 11.5 Å². The van der Waals surface area contributed by atoms with Crippen molar-refractivity contribution in [3.8, 4) is 5.75 Å². The van der Waals surface area contributed by atoms with E-state index in [1.54, 1.807) is 7.11 Å². The molecule has 1 saturated heterocycles. The number of methoxy groups -OCH3 is 1. The average Bonchev–Trinajstić information content (AvgIpc) is 3.29. The predicted octanol–water partition coefficient (Wildman–Crippen LogP) is 2.85. The lowest BCUT2D eigenvalue weighted by Gasteiger charge is -2.25. The summed E-state index contributed by atoms with van der Waals surface area (Å²) in [6.45, 7) is 0.678. The van der Waals surface area contributed by atoms with Crippen molar-refractivity contribution in [3.05, 3.63) is 63.1 Å². The van der Waals surface area contributed by atoms with Gasteiger partial charge in [-0.25, -0.2) is 0 Å². The maximum Gasteiger partial charge on any atom is 0.261 e. The molecule has 1 fully saturated rings. The second-order valence-corrected chi connectivity index (χ2v) is 6.80. The molecule has 2 aliphatic rings. The normalized spacial score (nSPS) is 19.1. The molecule has 4 rings (SSSR count). The Morgan fingerprint density at radius 3 is 2.96 bits per heavy atom. The maximum absolute atomic E-state index is 13.1. The number of carbonyl (C=O) groups excluding carboxylic acids is 1. The second kappa shape index (κ2) is 6.39. The zero-order chi connectivity index (χ0) is 17.4. The van der Waals surface area contributed by atoms with Gasteiger partial charge >= 0.3 is 0 Å². The van der Waals surface area contributed by atoms with E-state index >= 15 is 0 Å². The molecule has 2 aromatic rings. The largest absolute Gasteiger partial charge is 0.497 e. The van der Waals surface area contributed by atoms with E-state index in [4.69, 9.17) is 4.74 Å². The van der Waals surface area contributed by atoms with E-state index in [0.29, 0.717) is 6.54 Å². The number of benzene rings is 1. The number of likely N-dealkylation sites (tertiary alicyclic amines) is 1. The molecule has 5 nitrogen and oxygen atoms in total. The van der Waals surface area contributed by atoms with Crippen LogP contribution in [0.2, 0.25) is 0 Å². The number of hydrogen-bond acceptors (Lipinski definition) is 3. The molecule has 1 aromatic carbocycles. The number of nitrogens with zero attached hydrogens (tertiary/aromatic N) is 1. The summed E-state index contributed by atoms with van der Waals surface area (Å²) in [4.78, 5) is 30.2. The van der Waals surface area contributed by atoms with Crippen LogP contribution in [-0.2, 0) is 12.8 Å². The number of amides is 1. The number of rotatable bonds is 3. The number of aromatic amines is 1. The highest BCUT2D eigenvalue weighted by Gasteiger charge is 2.32. The summed E-state index contributed by atoms with van der Waals surface area (Å²) in [6.07, 6.45) is 4.72. The molecule has 0 bridgehead atoms. The Labute approximate surface area is 146 Å². The van der Waals surface area contributed by atoms with Crippen LogP contribution in [-0.4, -0.2) is 29.4 Å². The standard InChI is InChI=1S/C20H22N2O3/c1-25-15-7-2-6-14(11-15)18-9-4-10-22(18)20(24)16-12-13-5-3-8-17(13)21-19(16)23/h2,6-7,11-12,18H,3-5,8-10H2,1H3,(H,21,23)/t18-/m1/s1. The third-order valence-electron chi connectivity index (χ3n) is 5.31. The summed E-state index contributed by atoms with van der Waals surface area (Å²) in [5.41, 5.74) is 3.17. The number of hydrogen-bond donors (Lipinski definition) is 1. The number of ether oxygens (including phenoxy) is 1. The van der Waals surface area contributed by atoms with E-state index < -0.39 is 0 Å². The van der Waals surface area contributed by atoms with Crippen LogP contribution in [0.15, 0.2) is 35.1 Å². The number of aryl methyl sites for hydroxylation is 2. The highest BCUT2D eigenvalue weighted by atomic mass is 16.5. The molecule has 130 valence electrons. The fraction of sp³-hybridized carbons (Fsp3) is 0.400. The summed E-state index contributed by atoms with van der Waals surface area (Å²) in [5, 5.41) is 0. The van der Waals surface area contributed by atoms with E-state index in [1.165, 1.54) is 0 Å². The van der Waals surface area contributed by atoms with Crippen molar-refractivity contribution < 1.29 is 9.53 Å². The van der Waals surface area contributed by atoms with Gasteiger partial charge in [-0.1, -0.05) is 12.1 Å². The third kappa shape index (κ3) is 2.84. The van der Waals surface area contributed by atoms with Gasteiger partial charge < -0.3 is 14.6 Å². The lowest BCUT2D eigenvalue weighted by Crippen LogP contribution is -2.34. The van der Waals surface area contributed by atoms with Crippen LogP contribution in [0.4, 0.5) is 0 Å².